The molecule has 1 heterocycles. The molecular weight excluding hydrogens is 398 g/mol. The molecule has 0 spiro atoms. The highest BCUT2D eigenvalue weighted by atomic mass is 16.7. The summed E-state index contributed by atoms with van der Waals surface area (Å²) in [7, 11) is 1.49. The SMILES string of the molecule is CC(=O)NCCNC(=O)c1ccc(CON(C)[C@@H]2O[C@H](CO)[C@@H](O)[C@H](O)[C@H]2O)cc1. The zero-order valence-electron chi connectivity index (χ0n) is 16.9. The van der Waals surface area contributed by atoms with Crippen molar-refractivity contribution < 1.29 is 39.6 Å². The summed E-state index contributed by atoms with van der Waals surface area (Å²) in [6.07, 6.45) is -6.48. The molecule has 1 aromatic carbocycles. The molecule has 0 saturated carbocycles. The molecule has 11 heteroatoms. The highest BCUT2D eigenvalue weighted by molar-refractivity contribution is 5.94. The molecule has 0 aliphatic carbocycles. The van der Waals surface area contributed by atoms with Gasteiger partial charge in [-0.15, -0.1) is 0 Å². The second kappa shape index (κ2) is 11.3. The average Bonchev–Trinajstić information content (AvgIpc) is 2.73. The fraction of sp³-hybridized carbons (Fsp3) is 0.579. The molecule has 0 aromatic heterocycles. The summed E-state index contributed by atoms with van der Waals surface area (Å²) in [5, 5.41) is 45.5. The molecule has 1 aliphatic heterocycles. The Kier molecular flexibility index (Phi) is 9.11. The Labute approximate surface area is 174 Å². The summed E-state index contributed by atoms with van der Waals surface area (Å²) >= 11 is 0. The molecule has 0 unspecified atom stereocenters. The van der Waals surface area contributed by atoms with Crippen LogP contribution in [0.4, 0.5) is 0 Å². The van der Waals surface area contributed by atoms with Crippen LogP contribution in [0.15, 0.2) is 24.3 Å². The molecule has 168 valence electrons. The number of ether oxygens (including phenoxy) is 1. The molecule has 0 radical (unpaired) electrons. The van der Waals surface area contributed by atoms with Crippen LogP contribution < -0.4 is 10.6 Å². The lowest BCUT2D eigenvalue weighted by Crippen LogP contribution is -2.62. The summed E-state index contributed by atoms with van der Waals surface area (Å²) in [5.41, 5.74) is 1.19. The van der Waals surface area contributed by atoms with Crippen LogP contribution in [0.5, 0.6) is 0 Å². The highest BCUT2D eigenvalue weighted by Crippen LogP contribution is 2.23. The second-order valence-corrected chi connectivity index (χ2v) is 6.97. The van der Waals surface area contributed by atoms with Crippen LogP contribution >= 0.6 is 0 Å². The Hall–Kier alpha value is -2.12. The van der Waals surface area contributed by atoms with E-state index in [-0.39, 0.29) is 18.4 Å². The number of hydrogen-bond acceptors (Lipinski definition) is 9. The zero-order chi connectivity index (χ0) is 22.3. The molecule has 1 saturated heterocycles. The number of nitrogens with zero attached hydrogens (tertiary/aromatic N) is 1. The summed E-state index contributed by atoms with van der Waals surface area (Å²) < 4.78 is 5.40. The van der Waals surface area contributed by atoms with Gasteiger partial charge in [0.05, 0.1) is 13.2 Å². The minimum atomic E-state index is -1.49. The minimum Gasteiger partial charge on any atom is -0.394 e. The molecule has 1 aliphatic rings. The number of rotatable bonds is 9. The van der Waals surface area contributed by atoms with Gasteiger partial charge in [-0.3, -0.25) is 14.4 Å². The lowest BCUT2D eigenvalue weighted by Gasteiger charge is -2.42. The van der Waals surface area contributed by atoms with Gasteiger partial charge in [-0.2, -0.15) is 5.06 Å². The molecule has 5 atom stereocenters. The maximum absolute atomic E-state index is 12.1. The number of amides is 2. The maximum Gasteiger partial charge on any atom is 0.251 e. The average molecular weight is 427 g/mol. The summed E-state index contributed by atoms with van der Waals surface area (Å²) in [6.45, 7) is 1.63. The lowest BCUT2D eigenvalue weighted by molar-refractivity contribution is -0.330. The van der Waals surface area contributed by atoms with Gasteiger partial charge in [0.2, 0.25) is 5.91 Å². The van der Waals surface area contributed by atoms with Crippen molar-refractivity contribution in [1.82, 2.24) is 15.7 Å². The molecule has 6 N–H and O–H groups in total. The van der Waals surface area contributed by atoms with Crippen LogP contribution in [0.1, 0.15) is 22.8 Å². The van der Waals surface area contributed by atoms with Crippen LogP contribution in [0.25, 0.3) is 0 Å². The first-order chi connectivity index (χ1) is 14.2. The minimum absolute atomic E-state index is 0.0932. The normalized spacial score (nSPS) is 26.4. The third-order valence-corrected chi connectivity index (χ3v) is 4.66. The topological polar surface area (TPSA) is 161 Å². The number of carbonyl (C=O) groups is 2. The van der Waals surface area contributed by atoms with E-state index in [4.69, 9.17) is 9.57 Å². The van der Waals surface area contributed by atoms with Gasteiger partial charge in [-0.25, -0.2) is 0 Å². The van der Waals surface area contributed by atoms with E-state index in [0.29, 0.717) is 18.7 Å². The smallest absolute Gasteiger partial charge is 0.251 e. The first-order valence-corrected chi connectivity index (χ1v) is 9.52. The maximum atomic E-state index is 12.1. The standard InChI is InChI=1S/C19H29N3O8/c1-11(24)20-7-8-21-18(28)13-5-3-12(4-6-13)10-29-22(2)19-17(27)16(26)15(25)14(9-23)30-19/h3-6,14-17,19,23,25-27H,7-10H2,1-2H3,(H,20,24)(H,21,28)/t14-,15-,16+,17-,19-/m1/s1. The molecule has 2 amide bonds. The third-order valence-electron chi connectivity index (χ3n) is 4.66. The van der Waals surface area contributed by atoms with Gasteiger partial charge < -0.3 is 35.8 Å². The van der Waals surface area contributed by atoms with Crippen LogP contribution in [-0.4, -0.2) is 94.7 Å². The van der Waals surface area contributed by atoms with Crippen LogP contribution in [0, 0.1) is 0 Å². The first kappa shape index (κ1) is 24.2. The first-order valence-electron chi connectivity index (χ1n) is 9.52. The molecule has 30 heavy (non-hydrogen) atoms. The van der Waals surface area contributed by atoms with Crippen molar-refractivity contribution in [1.29, 1.82) is 0 Å². The zero-order valence-corrected chi connectivity index (χ0v) is 16.9. The van der Waals surface area contributed by atoms with Crippen molar-refractivity contribution in [2.24, 2.45) is 0 Å². The number of hydroxylamine groups is 2. The molecule has 2 rings (SSSR count). The van der Waals surface area contributed by atoms with Gasteiger partial charge in [-0.1, -0.05) is 12.1 Å². The molecule has 0 bridgehead atoms. The molecule has 1 fully saturated rings. The number of likely N-dealkylation sites (N-methyl/N-ethyl adjacent to an activating group) is 1. The van der Waals surface area contributed by atoms with E-state index in [1.807, 2.05) is 0 Å². The van der Waals surface area contributed by atoms with Crippen molar-refractivity contribution in [3.8, 4) is 0 Å². The van der Waals surface area contributed by atoms with Crippen LogP contribution in [-0.2, 0) is 21.0 Å². The van der Waals surface area contributed by atoms with Gasteiger partial charge in [0.15, 0.2) is 6.23 Å². The Bertz CT molecular complexity index is 700. The van der Waals surface area contributed by atoms with Crippen molar-refractivity contribution >= 4 is 11.8 Å². The summed E-state index contributed by atoms with van der Waals surface area (Å²) in [6, 6.07) is 6.65. The van der Waals surface area contributed by atoms with Gasteiger partial charge in [-0.05, 0) is 17.7 Å². The van der Waals surface area contributed by atoms with Gasteiger partial charge in [0, 0.05) is 32.6 Å². The molecular formula is C19H29N3O8. The predicted octanol–water partition coefficient (Wildman–Crippen LogP) is -2.28. The van der Waals surface area contributed by atoms with Crippen molar-refractivity contribution in [3.05, 3.63) is 35.4 Å². The van der Waals surface area contributed by atoms with Crippen LogP contribution in [0.2, 0.25) is 0 Å². The molecule has 1 aromatic rings. The predicted molar refractivity (Wildman–Crippen MR) is 104 cm³/mol. The second-order valence-electron chi connectivity index (χ2n) is 6.97. The van der Waals surface area contributed by atoms with Crippen molar-refractivity contribution in [2.45, 2.75) is 44.2 Å². The van der Waals surface area contributed by atoms with E-state index in [9.17, 15) is 30.0 Å². The van der Waals surface area contributed by atoms with E-state index in [2.05, 4.69) is 10.6 Å². The number of hydrogen-bond donors (Lipinski definition) is 6. The molecule has 11 nitrogen and oxygen atoms in total. The number of carbonyl (C=O) groups excluding carboxylic acids is 2. The van der Waals surface area contributed by atoms with Gasteiger partial charge in [0.25, 0.3) is 5.91 Å². The lowest BCUT2D eigenvalue weighted by atomic mass is 9.98. The van der Waals surface area contributed by atoms with Gasteiger partial charge in [0.1, 0.15) is 24.4 Å². The van der Waals surface area contributed by atoms with Gasteiger partial charge >= 0.3 is 0 Å². The van der Waals surface area contributed by atoms with E-state index < -0.39 is 37.3 Å². The summed E-state index contributed by atoms with van der Waals surface area (Å²) in [5.74, 6) is -0.437. The number of benzene rings is 1. The quantitative estimate of drug-likeness (QED) is 0.188. The Morgan fingerprint density at radius 3 is 2.30 bits per heavy atom. The largest absolute Gasteiger partial charge is 0.394 e. The van der Waals surface area contributed by atoms with Crippen molar-refractivity contribution in [3.63, 3.8) is 0 Å². The van der Waals surface area contributed by atoms with E-state index in [1.54, 1.807) is 24.3 Å². The fourth-order valence-corrected chi connectivity index (χ4v) is 2.90. The Morgan fingerprint density at radius 2 is 1.70 bits per heavy atom. The number of nitrogens with one attached hydrogen (secondary N) is 2. The van der Waals surface area contributed by atoms with E-state index >= 15 is 0 Å². The number of aliphatic hydroxyl groups is 4. The van der Waals surface area contributed by atoms with E-state index in [0.717, 1.165) is 5.56 Å². The Balaban J connectivity index is 1.84. The Morgan fingerprint density at radius 1 is 1.07 bits per heavy atom. The van der Waals surface area contributed by atoms with Crippen molar-refractivity contribution in [2.75, 3.05) is 26.7 Å². The van der Waals surface area contributed by atoms with E-state index in [1.165, 1.54) is 19.0 Å². The highest BCUT2D eigenvalue weighted by Gasteiger charge is 2.45. The van der Waals surface area contributed by atoms with Crippen LogP contribution in [0.3, 0.4) is 0 Å². The summed E-state index contributed by atoms with van der Waals surface area (Å²) in [4.78, 5) is 28.4. The number of aliphatic hydroxyl groups excluding tert-OH is 4. The monoisotopic (exact) mass is 427 g/mol. The third kappa shape index (κ3) is 6.44. The fourth-order valence-electron chi connectivity index (χ4n) is 2.90.